The Hall–Kier alpha value is -0.890. The average Bonchev–Trinajstić information content (AvgIpc) is 2.08. The van der Waals surface area contributed by atoms with Crippen molar-refractivity contribution >= 4 is 0 Å². The standard InChI is InChI=1S/C11H15FO/c1-7(2)11(13)9-4-5-10(12)8(3)6-9/h4-7,11,13H,1-3H3. The number of rotatable bonds is 2. The zero-order valence-electron chi connectivity index (χ0n) is 8.21. The van der Waals surface area contributed by atoms with Gasteiger partial charge in [-0.05, 0) is 30.0 Å². The summed E-state index contributed by atoms with van der Waals surface area (Å²) in [6.07, 6.45) is -0.501. The van der Waals surface area contributed by atoms with E-state index in [9.17, 15) is 9.50 Å². The molecule has 13 heavy (non-hydrogen) atoms. The van der Waals surface area contributed by atoms with Crippen molar-refractivity contribution in [3.63, 3.8) is 0 Å². The van der Waals surface area contributed by atoms with Gasteiger partial charge in [-0.2, -0.15) is 0 Å². The lowest BCUT2D eigenvalue weighted by Crippen LogP contribution is -2.05. The van der Waals surface area contributed by atoms with Crippen LogP contribution in [0.2, 0.25) is 0 Å². The number of aliphatic hydroxyl groups is 1. The Labute approximate surface area is 78.2 Å². The van der Waals surface area contributed by atoms with Crippen LogP contribution in [0.3, 0.4) is 0 Å². The maximum atomic E-state index is 12.9. The van der Waals surface area contributed by atoms with Crippen molar-refractivity contribution in [2.24, 2.45) is 5.92 Å². The molecule has 0 heterocycles. The van der Waals surface area contributed by atoms with Crippen molar-refractivity contribution < 1.29 is 9.50 Å². The molecule has 1 nitrogen and oxygen atoms in total. The molecular weight excluding hydrogens is 167 g/mol. The van der Waals surface area contributed by atoms with Gasteiger partial charge in [0.25, 0.3) is 0 Å². The smallest absolute Gasteiger partial charge is 0.126 e. The zero-order valence-corrected chi connectivity index (χ0v) is 8.21. The quantitative estimate of drug-likeness (QED) is 0.745. The summed E-state index contributed by atoms with van der Waals surface area (Å²) in [4.78, 5) is 0. The maximum Gasteiger partial charge on any atom is 0.126 e. The third-order valence-corrected chi connectivity index (χ3v) is 2.15. The van der Waals surface area contributed by atoms with Crippen LogP contribution < -0.4 is 0 Å². The maximum absolute atomic E-state index is 12.9. The van der Waals surface area contributed by atoms with E-state index in [4.69, 9.17) is 0 Å². The van der Waals surface area contributed by atoms with Crippen molar-refractivity contribution in [1.29, 1.82) is 0 Å². The second kappa shape index (κ2) is 3.88. The Morgan fingerprint density at radius 3 is 2.38 bits per heavy atom. The Morgan fingerprint density at radius 1 is 1.31 bits per heavy atom. The van der Waals surface area contributed by atoms with Crippen LogP contribution in [0.25, 0.3) is 0 Å². The van der Waals surface area contributed by atoms with Gasteiger partial charge in [-0.25, -0.2) is 4.39 Å². The molecule has 2 heteroatoms. The fraction of sp³-hybridized carbons (Fsp3) is 0.455. The number of halogens is 1. The molecule has 0 aliphatic carbocycles. The summed E-state index contributed by atoms with van der Waals surface area (Å²) in [5, 5.41) is 9.69. The predicted octanol–water partition coefficient (Wildman–Crippen LogP) is 2.82. The highest BCUT2D eigenvalue weighted by atomic mass is 19.1. The summed E-state index contributed by atoms with van der Waals surface area (Å²) in [5.74, 6) is -0.0652. The van der Waals surface area contributed by atoms with E-state index in [1.807, 2.05) is 13.8 Å². The van der Waals surface area contributed by atoms with Crippen LogP contribution in [-0.2, 0) is 0 Å². The van der Waals surface area contributed by atoms with Gasteiger partial charge in [0, 0.05) is 0 Å². The van der Waals surface area contributed by atoms with E-state index in [1.54, 1.807) is 19.1 Å². The molecule has 1 aromatic rings. The van der Waals surface area contributed by atoms with Gasteiger partial charge >= 0.3 is 0 Å². The predicted molar refractivity (Wildman–Crippen MR) is 50.9 cm³/mol. The molecule has 1 atom stereocenters. The second-order valence-corrected chi connectivity index (χ2v) is 3.70. The largest absolute Gasteiger partial charge is 0.388 e. The number of benzene rings is 1. The molecular formula is C11H15FO. The minimum atomic E-state index is -0.501. The Morgan fingerprint density at radius 2 is 1.92 bits per heavy atom. The Kier molecular flexibility index (Phi) is 3.04. The molecule has 0 aliphatic heterocycles. The van der Waals surface area contributed by atoms with Crippen LogP contribution in [0, 0.1) is 18.7 Å². The van der Waals surface area contributed by atoms with E-state index < -0.39 is 6.10 Å². The minimum absolute atomic E-state index is 0.157. The van der Waals surface area contributed by atoms with Crippen molar-refractivity contribution in [2.45, 2.75) is 26.9 Å². The van der Waals surface area contributed by atoms with Crippen LogP contribution in [0.4, 0.5) is 4.39 Å². The number of aliphatic hydroxyl groups excluding tert-OH is 1. The van der Waals surface area contributed by atoms with Gasteiger partial charge in [0.15, 0.2) is 0 Å². The molecule has 0 aliphatic rings. The van der Waals surface area contributed by atoms with Crippen LogP contribution in [0.15, 0.2) is 18.2 Å². The number of aryl methyl sites for hydroxylation is 1. The summed E-state index contributed by atoms with van der Waals surface area (Å²) in [7, 11) is 0. The first-order valence-electron chi connectivity index (χ1n) is 4.46. The molecule has 72 valence electrons. The molecule has 0 bridgehead atoms. The molecule has 0 fully saturated rings. The summed E-state index contributed by atoms with van der Waals surface area (Å²) >= 11 is 0. The van der Waals surface area contributed by atoms with Crippen LogP contribution in [0.5, 0.6) is 0 Å². The van der Waals surface area contributed by atoms with Crippen molar-refractivity contribution in [3.8, 4) is 0 Å². The van der Waals surface area contributed by atoms with Gasteiger partial charge in [0.1, 0.15) is 5.82 Å². The van der Waals surface area contributed by atoms with Gasteiger partial charge < -0.3 is 5.11 Å². The summed E-state index contributed by atoms with van der Waals surface area (Å²) in [5.41, 5.74) is 1.37. The Bertz CT molecular complexity index is 294. The third kappa shape index (κ3) is 2.28. The molecule has 1 unspecified atom stereocenters. The highest BCUT2D eigenvalue weighted by Crippen LogP contribution is 2.22. The molecule has 0 saturated heterocycles. The molecule has 0 aromatic heterocycles. The number of hydrogen-bond donors (Lipinski definition) is 1. The third-order valence-electron chi connectivity index (χ3n) is 2.15. The molecule has 0 amide bonds. The summed E-state index contributed by atoms with van der Waals surface area (Å²) in [6, 6.07) is 4.73. The van der Waals surface area contributed by atoms with Crippen LogP contribution in [-0.4, -0.2) is 5.11 Å². The lowest BCUT2D eigenvalue weighted by Gasteiger charge is -2.15. The van der Waals surface area contributed by atoms with Crippen molar-refractivity contribution in [2.75, 3.05) is 0 Å². The van der Waals surface area contributed by atoms with Gasteiger partial charge in [-0.1, -0.05) is 26.0 Å². The highest BCUT2D eigenvalue weighted by molar-refractivity contribution is 5.25. The molecule has 1 aromatic carbocycles. The van der Waals surface area contributed by atoms with Crippen molar-refractivity contribution in [3.05, 3.63) is 35.1 Å². The van der Waals surface area contributed by atoms with Gasteiger partial charge in [-0.3, -0.25) is 0 Å². The van der Waals surface area contributed by atoms with Crippen LogP contribution in [0.1, 0.15) is 31.1 Å². The van der Waals surface area contributed by atoms with Gasteiger partial charge in [-0.15, -0.1) is 0 Å². The second-order valence-electron chi connectivity index (χ2n) is 3.70. The van der Waals surface area contributed by atoms with E-state index in [0.29, 0.717) is 5.56 Å². The minimum Gasteiger partial charge on any atom is -0.388 e. The van der Waals surface area contributed by atoms with Gasteiger partial charge in [0.05, 0.1) is 6.10 Å². The first kappa shape index (κ1) is 10.2. The molecule has 0 saturated carbocycles. The molecule has 1 N–H and O–H groups in total. The van der Waals surface area contributed by atoms with Crippen molar-refractivity contribution in [1.82, 2.24) is 0 Å². The van der Waals surface area contributed by atoms with E-state index in [0.717, 1.165) is 5.56 Å². The van der Waals surface area contributed by atoms with Crippen LogP contribution >= 0.6 is 0 Å². The lowest BCUT2D eigenvalue weighted by molar-refractivity contribution is 0.127. The average molecular weight is 182 g/mol. The highest BCUT2D eigenvalue weighted by Gasteiger charge is 2.12. The van der Waals surface area contributed by atoms with E-state index in [-0.39, 0.29) is 11.7 Å². The molecule has 1 rings (SSSR count). The topological polar surface area (TPSA) is 20.2 Å². The van der Waals surface area contributed by atoms with E-state index >= 15 is 0 Å². The molecule has 0 radical (unpaired) electrons. The fourth-order valence-corrected chi connectivity index (χ4v) is 1.24. The Balaban J connectivity index is 2.97. The van der Waals surface area contributed by atoms with E-state index in [2.05, 4.69) is 0 Å². The normalized spacial score (nSPS) is 13.4. The first-order valence-corrected chi connectivity index (χ1v) is 4.46. The summed E-state index contributed by atoms with van der Waals surface area (Å²) < 4.78 is 12.9. The fourth-order valence-electron chi connectivity index (χ4n) is 1.24. The van der Waals surface area contributed by atoms with E-state index in [1.165, 1.54) is 6.07 Å². The summed E-state index contributed by atoms with van der Waals surface area (Å²) in [6.45, 7) is 5.57. The zero-order chi connectivity index (χ0) is 10.0. The lowest BCUT2D eigenvalue weighted by atomic mass is 9.98. The monoisotopic (exact) mass is 182 g/mol. The number of hydrogen-bond acceptors (Lipinski definition) is 1. The SMILES string of the molecule is Cc1cc(C(O)C(C)C)ccc1F. The van der Waals surface area contributed by atoms with Gasteiger partial charge in [0.2, 0.25) is 0 Å². The first-order chi connectivity index (χ1) is 6.02. The molecule has 0 spiro atoms.